The van der Waals surface area contributed by atoms with Gasteiger partial charge < -0.3 is 20.8 Å². The first-order chi connectivity index (χ1) is 21.4. The Labute approximate surface area is 283 Å². The van der Waals surface area contributed by atoms with Gasteiger partial charge in [-0.05, 0) is 0 Å². The molecule has 0 fully saturated rings. The third-order valence-corrected chi connectivity index (χ3v) is 5.35. The van der Waals surface area contributed by atoms with Crippen LogP contribution in [0.15, 0.2) is 0 Å². The number of rotatable bonds is 12. The second kappa shape index (κ2) is 16.3. The molecule has 0 aliphatic heterocycles. The number of hydrogen-bond donors (Lipinski definition) is 1. The van der Waals surface area contributed by atoms with E-state index in [1.165, 1.54) is 0 Å². The van der Waals surface area contributed by atoms with Gasteiger partial charge in [0.05, 0.1) is 7.11 Å². The number of quaternary nitrogens is 1. The van der Waals surface area contributed by atoms with Crippen molar-refractivity contribution in [1.82, 2.24) is 6.15 Å². The van der Waals surface area contributed by atoms with Crippen molar-refractivity contribution in [3.8, 4) is 0 Å². The molecule has 0 aromatic carbocycles. The van der Waals surface area contributed by atoms with Gasteiger partial charge in [-0.1, -0.05) is 22.3 Å². The van der Waals surface area contributed by atoms with Gasteiger partial charge in [0.2, 0.25) is 0 Å². The fourth-order valence-electron chi connectivity index (χ4n) is 2.32. The van der Waals surface area contributed by atoms with Crippen LogP contribution in [0.2, 0.25) is 0 Å². The van der Waals surface area contributed by atoms with E-state index in [-0.39, 0.29) is 35.5 Å². The molecule has 0 heterocycles. The summed E-state index contributed by atoms with van der Waals surface area (Å²) in [6.07, 6.45) is -15.4. The molecule has 0 radical (unpaired) electrons. The molecule has 4 N–H and O–H groups in total. The topological polar surface area (TPSA) is 103 Å². The Hall–Kier alpha value is -3.20. The zero-order chi connectivity index (χ0) is 42.9. The summed E-state index contributed by atoms with van der Waals surface area (Å²) in [4.78, 5) is 19.9. The van der Waals surface area contributed by atoms with Gasteiger partial charge in [0, 0.05) is 0 Å². The molecule has 0 saturated carbocycles. The number of esters is 1. The van der Waals surface area contributed by atoms with Crippen LogP contribution in [0.1, 0.15) is 22.3 Å². The van der Waals surface area contributed by atoms with Gasteiger partial charge in [-0.2, -0.15) is 132 Å². The lowest BCUT2D eigenvalue weighted by molar-refractivity contribution is -0.454. The maximum absolute atomic E-state index is 13.0. The summed E-state index contributed by atoms with van der Waals surface area (Å²) >= 11 is 0. The predicted molar refractivity (Wildman–Crippen MR) is 115 cm³/mol. The smallest absolute Gasteiger partial charge is 0.460 e. The van der Waals surface area contributed by atoms with Crippen molar-refractivity contribution in [1.29, 1.82) is 0 Å². The maximum Gasteiger partial charge on any atom is 0.460 e. The Balaban J connectivity index is -0.000000204. The number of methoxy groups -OCH3 is 1. The molecule has 0 amide bonds. The number of ether oxygens (including phenoxy) is 1. The molecule has 0 unspecified atom stereocenters. The van der Waals surface area contributed by atoms with Gasteiger partial charge in [0.25, 0.3) is 0 Å². The number of carboxylic acids is 1. The van der Waals surface area contributed by atoms with E-state index in [1.807, 2.05) is 0 Å². The Morgan fingerprint density at radius 2 is 0.509 bits per heavy atom. The fraction of sp³-hybridized carbons (Fsp3) is 0.900. The summed E-state index contributed by atoms with van der Waals surface area (Å²) in [5.74, 6) is -105. The van der Waals surface area contributed by atoms with E-state index in [1.54, 1.807) is 0 Å². The highest BCUT2D eigenvalue weighted by molar-refractivity contribution is 5.79. The molecule has 0 spiro atoms. The minimum absolute atomic E-state index is 0. The van der Waals surface area contributed by atoms with Crippen LogP contribution in [-0.4, -0.2) is 102 Å². The average molecular weight is 907 g/mol. The number of hydrogen-bond acceptors (Lipinski definition) is 4. The van der Waals surface area contributed by atoms with E-state index >= 15 is 0 Å². The lowest BCUT2D eigenvalue weighted by Crippen LogP contribution is -2.74. The SMILES string of the molecule is C.C.C.COC(=O)C(F)(F)C(F)(F)C(F)(F)C(F)(F)C(F)(F)C(F)(F)C(F)(F)F.O=C([O-])C(F)(F)C(F)(F)C(F)(F)C(F)(F)C(F)(F)C(F)(F)C(F)(F)F.[NH4+]. The summed E-state index contributed by atoms with van der Waals surface area (Å²) in [6, 6.07) is 0. The highest BCUT2D eigenvalue weighted by Gasteiger charge is 2.95. The quantitative estimate of drug-likeness (QED) is 0.156. The third kappa shape index (κ3) is 8.57. The second-order valence-electron chi connectivity index (χ2n) is 8.67. The molecule has 0 aliphatic rings. The van der Waals surface area contributed by atoms with Crippen LogP contribution >= 0.6 is 0 Å². The van der Waals surface area contributed by atoms with E-state index in [4.69, 9.17) is 0 Å². The number of aliphatic carboxylic acids is 1. The molecule has 0 aromatic rings. The molecule has 0 atom stereocenters. The molecule has 0 aliphatic carbocycles. The van der Waals surface area contributed by atoms with E-state index in [0.717, 1.165) is 0 Å². The van der Waals surface area contributed by atoms with Crippen molar-refractivity contribution in [2.24, 2.45) is 0 Å². The fourth-order valence-corrected chi connectivity index (χ4v) is 2.32. The molecule has 0 rings (SSSR count). The Morgan fingerprint density at radius 3 is 0.673 bits per heavy atom. The molecule has 338 valence electrons. The van der Waals surface area contributed by atoms with Crippen molar-refractivity contribution in [3.05, 3.63) is 0 Å². The van der Waals surface area contributed by atoms with Gasteiger partial charge in [-0.3, -0.25) is 0 Å². The van der Waals surface area contributed by atoms with Crippen molar-refractivity contribution in [2.45, 2.75) is 106 Å². The lowest BCUT2D eigenvalue weighted by Gasteiger charge is -2.41. The number of carbonyl (C=O) groups is 2. The standard InChI is InChI=1S/C9H3F15O2.C8HF15O2.3CH4.H3N/c1-26-2(25)3(10,11)4(12,13)5(14,15)6(16,17)7(18,19)8(20,21)9(22,23)24;9-2(10,1(24)25)3(11,12)4(13,14)5(15,16)6(17,18)7(19,20)8(21,22)23;;;;/h1H3;(H,24,25);3*1H4;1H3. The predicted octanol–water partition coefficient (Wildman–Crippen LogP) is 9.93. The second-order valence-corrected chi connectivity index (χ2v) is 8.67. The van der Waals surface area contributed by atoms with E-state index in [2.05, 4.69) is 4.74 Å². The molecular formula is C20H19F30NO4. The first-order valence-electron chi connectivity index (χ1n) is 10.4. The first-order valence-corrected chi connectivity index (χ1v) is 10.4. The van der Waals surface area contributed by atoms with Crippen LogP contribution in [0.3, 0.4) is 0 Å². The van der Waals surface area contributed by atoms with Crippen molar-refractivity contribution in [2.75, 3.05) is 7.11 Å². The highest BCUT2D eigenvalue weighted by atomic mass is 19.4. The molecule has 55 heavy (non-hydrogen) atoms. The summed E-state index contributed by atoms with van der Waals surface area (Å²) in [5, 5.41) is 9.61. The van der Waals surface area contributed by atoms with E-state index < -0.39 is 95.4 Å². The number of carbonyl (C=O) groups excluding carboxylic acids is 2. The van der Waals surface area contributed by atoms with Gasteiger partial charge in [-0.25, -0.2) is 4.79 Å². The normalized spacial score (nSPS) is 14.8. The van der Waals surface area contributed by atoms with Gasteiger partial charge in [0.1, 0.15) is 5.97 Å². The minimum Gasteiger partial charge on any atom is -0.544 e. The maximum atomic E-state index is 13.0. The van der Waals surface area contributed by atoms with Crippen molar-refractivity contribution in [3.63, 3.8) is 0 Å². The third-order valence-electron chi connectivity index (χ3n) is 5.35. The van der Waals surface area contributed by atoms with Crippen molar-refractivity contribution >= 4 is 11.9 Å². The molecule has 0 aromatic heterocycles. The largest absolute Gasteiger partial charge is 0.544 e. The Morgan fingerprint density at radius 1 is 0.345 bits per heavy atom. The Kier molecular flexibility index (Phi) is 18.9. The van der Waals surface area contributed by atoms with Crippen LogP contribution in [-0.2, 0) is 14.3 Å². The summed E-state index contributed by atoms with van der Waals surface area (Å²) in [7, 11) is -0.172. The zero-order valence-electron chi connectivity index (χ0n) is 23.0. The van der Waals surface area contributed by atoms with Crippen LogP contribution in [0.5, 0.6) is 0 Å². The zero-order valence-corrected chi connectivity index (χ0v) is 23.0. The van der Waals surface area contributed by atoms with E-state index in [9.17, 15) is 146 Å². The minimum atomic E-state index is -8.50. The number of carboxylic acid groups (broad SMARTS) is 1. The summed E-state index contributed by atoms with van der Waals surface area (Å²) in [5.41, 5.74) is 0. The van der Waals surface area contributed by atoms with Crippen LogP contribution < -0.4 is 11.3 Å². The molecule has 0 saturated heterocycles. The van der Waals surface area contributed by atoms with Gasteiger partial charge in [0.15, 0.2) is 0 Å². The van der Waals surface area contributed by atoms with Crippen LogP contribution in [0.4, 0.5) is 132 Å². The number of alkyl halides is 30. The first kappa shape index (κ1) is 63.7. The molecule has 0 bridgehead atoms. The summed E-state index contributed by atoms with van der Waals surface area (Å²) < 4.78 is 378. The molecule has 5 nitrogen and oxygen atoms in total. The van der Waals surface area contributed by atoms with Gasteiger partial charge in [-0.15, -0.1) is 0 Å². The van der Waals surface area contributed by atoms with E-state index in [0.29, 0.717) is 0 Å². The lowest BCUT2D eigenvalue weighted by atomic mass is 9.91. The van der Waals surface area contributed by atoms with Crippen LogP contribution in [0, 0.1) is 0 Å². The van der Waals surface area contributed by atoms with Crippen LogP contribution in [0.25, 0.3) is 0 Å². The molecular weight excluding hydrogens is 888 g/mol. The van der Waals surface area contributed by atoms with Crippen molar-refractivity contribution < 1.29 is 151 Å². The molecule has 35 heteroatoms. The van der Waals surface area contributed by atoms with Gasteiger partial charge >= 0.3 is 89.4 Å². The highest BCUT2D eigenvalue weighted by Crippen LogP contribution is 2.64. The monoisotopic (exact) mass is 907 g/mol. The Bertz CT molecular complexity index is 1280. The average Bonchev–Trinajstić information content (AvgIpc) is 2.90. The number of halogens is 30. The summed E-state index contributed by atoms with van der Waals surface area (Å²) in [6.45, 7) is 0.